The molecule has 0 fully saturated rings. The third kappa shape index (κ3) is 4.05. The molecule has 2 heterocycles. The number of thiazole rings is 1. The minimum absolute atomic E-state index is 0.0317. The normalized spacial score (nSPS) is 11.9. The molecule has 142 valence electrons. The number of rotatable bonds is 7. The molecule has 0 atom stereocenters. The monoisotopic (exact) mass is 412 g/mol. The first kappa shape index (κ1) is 19.5. The van der Waals surface area contributed by atoms with Crippen LogP contribution in [0.25, 0.3) is 10.9 Å². The molecule has 0 radical (unpaired) electrons. The molecule has 2 aromatic heterocycles. The molecule has 1 aromatic carbocycles. The summed E-state index contributed by atoms with van der Waals surface area (Å²) in [6.45, 7) is 1.03. The van der Waals surface area contributed by atoms with Crippen LogP contribution in [0.1, 0.15) is 39.2 Å². The summed E-state index contributed by atoms with van der Waals surface area (Å²) in [6.07, 6.45) is 1.50. The second kappa shape index (κ2) is 7.41. The Labute approximate surface area is 156 Å². The van der Waals surface area contributed by atoms with Crippen LogP contribution < -0.4 is 0 Å². The van der Waals surface area contributed by atoms with Gasteiger partial charge in [0.1, 0.15) is 18.2 Å². The number of halogens is 1. The van der Waals surface area contributed by atoms with E-state index < -0.39 is 26.2 Å². The van der Waals surface area contributed by atoms with E-state index in [1.54, 1.807) is 6.92 Å². The summed E-state index contributed by atoms with van der Waals surface area (Å²) in [4.78, 5) is 46.3. The highest BCUT2D eigenvalue weighted by Crippen LogP contribution is 2.37. The van der Waals surface area contributed by atoms with Crippen molar-refractivity contribution in [3.05, 3.63) is 51.9 Å². The molecule has 3 aromatic rings. The molecule has 0 aliphatic carbocycles. The average Bonchev–Trinajstić information content (AvgIpc) is 3.24. The van der Waals surface area contributed by atoms with E-state index in [0.717, 1.165) is 22.0 Å². The molecule has 0 unspecified atom stereocenters. The fourth-order valence-electron chi connectivity index (χ4n) is 2.54. The molecular formula is C16H14FN2O6PS. The number of fused-ring (bicyclic) bond motifs is 1. The number of ketones is 2. The first-order valence-electron chi connectivity index (χ1n) is 7.72. The first-order valence-corrected chi connectivity index (χ1v) is 10.1. The van der Waals surface area contributed by atoms with Gasteiger partial charge in [0.25, 0.3) is 0 Å². The van der Waals surface area contributed by atoms with Crippen molar-refractivity contribution in [1.82, 2.24) is 9.55 Å². The van der Waals surface area contributed by atoms with Crippen molar-refractivity contribution >= 4 is 41.6 Å². The van der Waals surface area contributed by atoms with Crippen LogP contribution in [-0.4, -0.2) is 30.9 Å². The highest BCUT2D eigenvalue weighted by atomic mass is 32.1. The number of hydrogen-bond acceptors (Lipinski definition) is 6. The van der Waals surface area contributed by atoms with Crippen molar-refractivity contribution < 1.29 is 32.9 Å². The Balaban J connectivity index is 2.05. The predicted octanol–water partition coefficient (Wildman–Crippen LogP) is 3.13. The molecule has 0 amide bonds. The molecule has 0 bridgehead atoms. The number of para-hydroxylation sites is 1. The van der Waals surface area contributed by atoms with Gasteiger partial charge >= 0.3 is 7.82 Å². The Hall–Kier alpha value is -2.23. The third-order valence-corrected chi connectivity index (χ3v) is 5.06. The number of benzene rings is 1. The number of hydrogen-bond donors (Lipinski definition) is 2. The van der Waals surface area contributed by atoms with Gasteiger partial charge in [-0.25, -0.2) is 13.9 Å². The van der Waals surface area contributed by atoms with E-state index in [2.05, 4.69) is 9.51 Å². The second-order valence-electron chi connectivity index (χ2n) is 5.54. The molecular weight excluding hydrogens is 398 g/mol. The Morgan fingerprint density at radius 2 is 2.11 bits per heavy atom. The van der Waals surface area contributed by atoms with Gasteiger partial charge in [-0.05, 0) is 6.07 Å². The minimum atomic E-state index is -4.78. The number of carbonyl (C=O) groups is 2. The summed E-state index contributed by atoms with van der Waals surface area (Å²) in [5.41, 5.74) is 0.241. The number of phosphoric ester groups is 1. The molecule has 0 spiro atoms. The summed E-state index contributed by atoms with van der Waals surface area (Å²) < 4.78 is 30.7. The largest absolute Gasteiger partial charge is 0.471 e. The van der Waals surface area contributed by atoms with Crippen LogP contribution in [0.15, 0.2) is 29.8 Å². The molecule has 11 heteroatoms. The van der Waals surface area contributed by atoms with E-state index in [9.17, 15) is 18.5 Å². The van der Waals surface area contributed by atoms with Gasteiger partial charge in [0.15, 0.2) is 10.8 Å². The molecule has 0 saturated carbocycles. The van der Waals surface area contributed by atoms with Crippen molar-refractivity contribution in [2.75, 3.05) is 0 Å². The lowest BCUT2D eigenvalue weighted by atomic mass is 10.1. The van der Waals surface area contributed by atoms with Gasteiger partial charge in [0, 0.05) is 23.4 Å². The molecule has 3 rings (SSSR count). The fraction of sp³-hybridized carbons (Fsp3) is 0.188. The summed E-state index contributed by atoms with van der Waals surface area (Å²) in [5.74, 6) is -1.41. The maximum absolute atomic E-state index is 14.3. The SMILES string of the molecule is CCC(=O)c1csc(C(=O)c2cn(COP(=O)(O)O)c3c(F)cccc23)n1. The third-order valence-electron chi connectivity index (χ3n) is 3.76. The zero-order valence-electron chi connectivity index (χ0n) is 14.0. The molecule has 27 heavy (non-hydrogen) atoms. The van der Waals surface area contributed by atoms with Gasteiger partial charge in [-0.3, -0.25) is 14.1 Å². The van der Waals surface area contributed by atoms with Crippen LogP contribution in [0.3, 0.4) is 0 Å². The van der Waals surface area contributed by atoms with Gasteiger partial charge in [-0.1, -0.05) is 19.1 Å². The highest BCUT2D eigenvalue weighted by molar-refractivity contribution is 7.46. The van der Waals surface area contributed by atoms with Gasteiger partial charge < -0.3 is 14.4 Å². The molecule has 0 aliphatic rings. The lowest BCUT2D eigenvalue weighted by Gasteiger charge is -2.07. The predicted molar refractivity (Wildman–Crippen MR) is 95.2 cm³/mol. The van der Waals surface area contributed by atoms with E-state index in [1.165, 1.54) is 23.7 Å². The van der Waals surface area contributed by atoms with Crippen molar-refractivity contribution in [3.63, 3.8) is 0 Å². The summed E-state index contributed by atoms with van der Waals surface area (Å²) in [5, 5.41) is 1.79. The van der Waals surface area contributed by atoms with Crippen LogP contribution in [0.2, 0.25) is 0 Å². The van der Waals surface area contributed by atoms with Crippen molar-refractivity contribution in [2.24, 2.45) is 0 Å². The number of carbonyl (C=O) groups excluding carboxylic acids is 2. The lowest BCUT2D eigenvalue weighted by molar-refractivity contribution is 0.0984. The standard InChI is InChI=1S/C16H14FN2O6PS/c1-2-13(20)12-7-27-16(18-12)15(21)10-6-19(8-25-26(22,23)24)14-9(10)4-3-5-11(14)17/h3-7H,2,8H2,1H3,(H2,22,23,24). The van der Waals surface area contributed by atoms with E-state index in [-0.39, 0.29) is 39.4 Å². The Bertz CT molecular complexity index is 1090. The van der Waals surface area contributed by atoms with Crippen LogP contribution in [0, 0.1) is 5.82 Å². The fourth-order valence-corrected chi connectivity index (χ4v) is 3.59. The average molecular weight is 412 g/mol. The van der Waals surface area contributed by atoms with E-state index >= 15 is 0 Å². The Morgan fingerprint density at radius 3 is 2.78 bits per heavy atom. The van der Waals surface area contributed by atoms with Crippen LogP contribution in [-0.2, 0) is 15.8 Å². The Kier molecular flexibility index (Phi) is 5.36. The lowest BCUT2D eigenvalue weighted by Crippen LogP contribution is -2.03. The number of phosphoric acid groups is 1. The van der Waals surface area contributed by atoms with Crippen molar-refractivity contribution in [3.8, 4) is 0 Å². The summed E-state index contributed by atoms with van der Waals surface area (Å²) in [7, 11) is -4.78. The number of nitrogens with zero attached hydrogens (tertiary/aromatic N) is 2. The van der Waals surface area contributed by atoms with Gasteiger partial charge in [0.05, 0.1) is 11.1 Å². The van der Waals surface area contributed by atoms with Gasteiger partial charge in [-0.15, -0.1) is 11.3 Å². The molecule has 2 N–H and O–H groups in total. The van der Waals surface area contributed by atoms with Crippen LogP contribution in [0.5, 0.6) is 0 Å². The van der Waals surface area contributed by atoms with Crippen LogP contribution in [0.4, 0.5) is 4.39 Å². The first-order chi connectivity index (χ1) is 12.7. The zero-order valence-corrected chi connectivity index (χ0v) is 15.7. The minimum Gasteiger partial charge on any atom is -0.320 e. The zero-order chi connectivity index (χ0) is 19.8. The Morgan fingerprint density at radius 1 is 1.37 bits per heavy atom. The quantitative estimate of drug-likeness (QED) is 0.452. The van der Waals surface area contributed by atoms with E-state index in [0.29, 0.717) is 0 Å². The second-order valence-corrected chi connectivity index (χ2v) is 7.64. The van der Waals surface area contributed by atoms with E-state index in [1.807, 2.05) is 0 Å². The molecule has 0 saturated heterocycles. The summed E-state index contributed by atoms with van der Waals surface area (Å²) in [6, 6.07) is 4.08. The maximum atomic E-state index is 14.3. The van der Waals surface area contributed by atoms with E-state index in [4.69, 9.17) is 9.79 Å². The topological polar surface area (TPSA) is 119 Å². The number of aromatic nitrogens is 2. The maximum Gasteiger partial charge on any atom is 0.471 e. The van der Waals surface area contributed by atoms with Crippen LogP contribution >= 0.6 is 19.2 Å². The van der Waals surface area contributed by atoms with Crippen molar-refractivity contribution in [1.29, 1.82) is 0 Å². The smallest absolute Gasteiger partial charge is 0.320 e. The molecule has 0 aliphatic heterocycles. The molecule has 8 nitrogen and oxygen atoms in total. The number of Topliss-reactive ketones (excluding diaryl/α,β-unsaturated/α-hetero) is 1. The van der Waals surface area contributed by atoms with Gasteiger partial charge in [-0.2, -0.15) is 0 Å². The summed E-state index contributed by atoms with van der Waals surface area (Å²) >= 11 is 0.996. The highest BCUT2D eigenvalue weighted by Gasteiger charge is 2.23. The van der Waals surface area contributed by atoms with Gasteiger partial charge in [0.2, 0.25) is 5.78 Å². The van der Waals surface area contributed by atoms with Crippen molar-refractivity contribution in [2.45, 2.75) is 20.1 Å².